The van der Waals surface area contributed by atoms with Crippen molar-refractivity contribution >= 4 is 40.7 Å². The summed E-state index contributed by atoms with van der Waals surface area (Å²) in [6.07, 6.45) is 1.63. The SMILES string of the molecule is O=C1N/C(=N/N=Cc2ccc(Cl)cc2)SC1(c1ccccc1)c1ccccc1. The van der Waals surface area contributed by atoms with Crippen molar-refractivity contribution in [2.24, 2.45) is 10.2 Å². The summed E-state index contributed by atoms with van der Waals surface area (Å²) in [4.78, 5) is 13.1. The molecular formula is C22H16ClN3OS. The first-order valence-corrected chi connectivity index (χ1v) is 9.86. The Morgan fingerprint density at radius 1 is 0.857 bits per heavy atom. The number of hydrogen-bond acceptors (Lipinski definition) is 4. The van der Waals surface area contributed by atoms with Crippen molar-refractivity contribution in [3.8, 4) is 0 Å². The highest BCUT2D eigenvalue weighted by Gasteiger charge is 2.49. The number of nitrogens with zero attached hydrogens (tertiary/aromatic N) is 2. The maximum absolute atomic E-state index is 13.1. The molecule has 0 atom stereocenters. The predicted molar refractivity (Wildman–Crippen MR) is 116 cm³/mol. The molecule has 0 aliphatic carbocycles. The number of nitrogens with one attached hydrogen (secondary N) is 1. The van der Waals surface area contributed by atoms with E-state index in [1.807, 2.05) is 72.8 Å². The highest BCUT2D eigenvalue weighted by atomic mass is 35.5. The van der Waals surface area contributed by atoms with Gasteiger partial charge in [0.1, 0.15) is 0 Å². The van der Waals surface area contributed by atoms with Crippen LogP contribution in [-0.4, -0.2) is 17.3 Å². The summed E-state index contributed by atoms with van der Waals surface area (Å²) in [6.45, 7) is 0. The van der Waals surface area contributed by atoms with E-state index in [0.717, 1.165) is 16.7 Å². The van der Waals surface area contributed by atoms with E-state index in [2.05, 4.69) is 15.5 Å². The molecule has 3 aromatic rings. The highest BCUT2D eigenvalue weighted by molar-refractivity contribution is 8.16. The molecule has 1 saturated heterocycles. The summed E-state index contributed by atoms with van der Waals surface area (Å²) in [6, 6.07) is 26.7. The van der Waals surface area contributed by atoms with Crippen molar-refractivity contribution < 1.29 is 4.79 Å². The predicted octanol–water partition coefficient (Wildman–Crippen LogP) is 4.84. The van der Waals surface area contributed by atoms with E-state index in [4.69, 9.17) is 11.6 Å². The molecular weight excluding hydrogens is 390 g/mol. The third kappa shape index (κ3) is 3.59. The lowest BCUT2D eigenvalue weighted by Gasteiger charge is -2.25. The number of carbonyl (C=O) groups is 1. The Balaban J connectivity index is 1.67. The van der Waals surface area contributed by atoms with Gasteiger partial charge in [0.25, 0.3) is 5.91 Å². The lowest BCUT2D eigenvalue weighted by Crippen LogP contribution is -2.35. The first-order chi connectivity index (χ1) is 13.7. The van der Waals surface area contributed by atoms with Crippen LogP contribution in [0.5, 0.6) is 0 Å². The number of hydrogen-bond donors (Lipinski definition) is 1. The zero-order valence-corrected chi connectivity index (χ0v) is 16.3. The van der Waals surface area contributed by atoms with Crippen molar-refractivity contribution in [1.82, 2.24) is 5.32 Å². The Kier molecular flexibility index (Phi) is 5.28. The summed E-state index contributed by atoms with van der Waals surface area (Å²) >= 11 is 7.25. The minimum Gasteiger partial charge on any atom is -0.302 e. The molecule has 0 unspecified atom stereocenters. The number of thioether (sulfide) groups is 1. The highest BCUT2D eigenvalue weighted by Crippen LogP contribution is 2.46. The molecule has 1 heterocycles. The maximum atomic E-state index is 13.1. The Morgan fingerprint density at radius 3 is 2.00 bits per heavy atom. The van der Waals surface area contributed by atoms with Gasteiger partial charge < -0.3 is 5.32 Å². The van der Waals surface area contributed by atoms with Crippen molar-refractivity contribution in [1.29, 1.82) is 0 Å². The zero-order valence-electron chi connectivity index (χ0n) is 14.7. The number of amides is 1. The molecule has 1 N–H and O–H groups in total. The van der Waals surface area contributed by atoms with E-state index < -0.39 is 4.75 Å². The Morgan fingerprint density at radius 2 is 1.43 bits per heavy atom. The maximum Gasteiger partial charge on any atom is 0.251 e. The summed E-state index contributed by atoms with van der Waals surface area (Å²) in [5.74, 6) is -0.129. The summed E-state index contributed by atoms with van der Waals surface area (Å²) in [5, 5.41) is 12.3. The van der Waals surface area contributed by atoms with Crippen LogP contribution in [0.3, 0.4) is 0 Å². The first kappa shape index (κ1) is 18.5. The molecule has 28 heavy (non-hydrogen) atoms. The second-order valence-electron chi connectivity index (χ2n) is 6.17. The van der Waals surface area contributed by atoms with E-state index in [0.29, 0.717) is 10.2 Å². The fraction of sp³-hybridized carbons (Fsp3) is 0.0455. The van der Waals surface area contributed by atoms with Crippen molar-refractivity contribution in [2.45, 2.75) is 4.75 Å². The third-order valence-corrected chi connectivity index (χ3v) is 5.97. The largest absolute Gasteiger partial charge is 0.302 e. The van der Waals surface area contributed by atoms with E-state index in [9.17, 15) is 4.79 Å². The van der Waals surface area contributed by atoms with E-state index in [1.54, 1.807) is 18.3 Å². The second-order valence-corrected chi connectivity index (χ2v) is 7.81. The lowest BCUT2D eigenvalue weighted by atomic mass is 9.89. The Bertz CT molecular complexity index is 995. The fourth-order valence-electron chi connectivity index (χ4n) is 3.04. The molecule has 138 valence electrons. The van der Waals surface area contributed by atoms with E-state index >= 15 is 0 Å². The Hall–Kier alpha value is -2.89. The van der Waals surface area contributed by atoms with Crippen LogP contribution in [0.15, 0.2) is 95.1 Å². The van der Waals surface area contributed by atoms with Crippen LogP contribution in [0, 0.1) is 0 Å². The van der Waals surface area contributed by atoms with Crippen molar-refractivity contribution in [3.63, 3.8) is 0 Å². The van der Waals surface area contributed by atoms with Crippen LogP contribution in [0.1, 0.15) is 16.7 Å². The fourth-order valence-corrected chi connectivity index (χ4v) is 4.34. The van der Waals surface area contributed by atoms with Gasteiger partial charge in [-0.3, -0.25) is 4.79 Å². The molecule has 0 saturated carbocycles. The Labute approximate surface area is 172 Å². The average molecular weight is 406 g/mol. The molecule has 1 aliphatic heterocycles. The summed E-state index contributed by atoms with van der Waals surface area (Å²) < 4.78 is -0.892. The topological polar surface area (TPSA) is 53.8 Å². The molecule has 0 spiro atoms. The number of amidine groups is 1. The molecule has 3 aromatic carbocycles. The molecule has 0 radical (unpaired) electrons. The van der Waals surface area contributed by atoms with Gasteiger partial charge in [0.05, 0.1) is 6.21 Å². The minimum atomic E-state index is -0.892. The molecule has 4 rings (SSSR count). The first-order valence-electron chi connectivity index (χ1n) is 8.66. The van der Waals surface area contributed by atoms with Gasteiger partial charge in [-0.1, -0.05) is 96.2 Å². The van der Waals surface area contributed by atoms with Crippen LogP contribution in [0.25, 0.3) is 0 Å². The number of benzene rings is 3. The van der Waals surface area contributed by atoms with Gasteiger partial charge in [-0.2, -0.15) is 5.10 Å². The van der Waals surface area contributed by atoms with Crippen LogP contribution in [0.4, 0.5) is 0 Å². The van der Waals surface area contributed by atoms with Gasteiger partial charge in [-0.25, -0.2) is 0 Å². The number of rotatable bonds is 4. The number of carbonyl (C=O) groups excluding carboxylic acids is 1. The van der Waals surface area contributed by atoms with Gasteiger partial charge in [0.15, 0.2) is 9.91 Å². The number of halogens is 1. The molecule has 1 aliphatic rings. The van der Waals surface area contributed by atoms with Gasteiger partial charge >= 0.3 is 0 Å². The van der Waals surface area contributed by atoms with Crippen LogP contribution < -0.4 is 5.32 Å². The summed E-state index contributed by atoms with van der Waals surface area (Å²) in [7, 11) is 0. The molecule has 6 heteroatoms. The molecule has 1 amide bonds. The van der Waals surface area contributed by atoms with Gasteiger partial charge in [0, 0.05) is 5.02 Å². The minimum absolute atomic E-state index is 0.129. The van der Waals surface area contributed by atoms with Gasteiger partial charge in [-0.15, -0.1) is 5.10 Å². The average Bonchev–Trinajstić information content (AvgIpc) is 3.08. The summed E-state index contributed by atoms with van der Waals surface area (Å²) in [5.41, 5.74) is 2.67. The molecule has 4 nitrogen and oxygen atoms in total. The van der Waals surface area contributed by atoms with E-state index in [-0.39, 0.29) is 5.91 Å². The second kappa shape index (κ2) is 8.00. The smallest absolute Gasteiger partial charge is 0.251 e. The quantitative estimate of drug-likeness (QED) is 0.499. The third-order valence-electron chi connectivity index (χ3n) is 4.38. The van der Waals surface area contributed by atoms with Gasteiger partial charge in [0.2, 0.25) is 0 Å². The van der Waals surface area contributed by atoms with Gasteiger partial charge in [-0.05, 0) is 28.8 Å². The monoisotopic (exact) mass is 405 g/mol. The molecule has 0 aromatic heterocycles. The van der Waals surface area contributed by atoms with Crippen LogP contribution >= 0.6 is 23.4 Å². The standard InChI is InChI=1S/C22H16ClN3OS/c23-19-13-11-16(12-14-19)15-24-26-21-25-20(27)22(28-21,17-7-3-1-4-8-17)18-9-5-2-6-10-18/h1-15H,(H,25,26,27). The van der Waals surface area contributed by atoms with Crippen molar-refractivity contribution in [2.75, 3.05) is 0 Å². The van der Waals surface area contributed by atoms with Crippen LogP contribution in [0.2, 0.25) is 5.02 Å². The van der Waals surface area contributed by atoms with Crippen LogP contribution in [-0.2, 0) is 9.54 Å². The molecule has 1 fully saturated rings. The normalized spacial score (nSPS) is 17.2. The molecule has 0 bridgehead atoms. The van der Waals surface area contributed by atoms with E-state index in [1.165, 1.54) is 11.8 Å². The lowest BCUT2D eigenvalue weighted by molar-refractivity contribution is -0.120. The zero-order chi connectivity index (χ0) is 19.4. The van der Waals surface area contributed by atoms with Crippen molar-refractivity contribution in [3.05, 3.63) is 107 Å².